The predicted octanol–water partition coefficient (Wildman–Crippen LogP) is 5.13. The number of alkyl halides is 3. The second-order valence-electron chi connectivity index (χ2n) is 9.83. The van der Waals surface area contributed by atoms with Crippen molar-refractivity contribution in [3.63, 3.8) is 0 Å². The van der Waals surface area contributed by atoms with Gasteiger partial charge in [-0.05, 0) is 43.9 Å². The third-order valence-electron chi connectivity index (χ3n) is 7.38. The summed E-state index contributed by atoms with van der Waals surface area (Å²) in [5, 5.41) is 4.21. The summed E-state index contributed by atoms with van der Waals surface area (Å²) in [7, 11) is 1.26. The molecule has 5 rings (SSSR count). The fourth-order valence-electron chi connectivity index (χ4n) is 5.36. The highest BCUT2D eigenvalue weighted by atomic mass is 19.4. The summed E-state index contributed by atoms with van der Waals surface area (Å²) in [6.07, 6.45) is 2.99. The largest absolute Gasteiger partial charge is 0.493 e. The molecule has 38 heavy (non-hydrogen) atoms. The minimum atomic E-state index is -4.56. The second kappa shape index (κ2) is 10.1. The third kappa shape index (κ3) is 5.04. The van der Waals surface area contributed by atoms with Gasteiger partial charge in [-0.1, -0.05) is 6.07 Å². The average molecular weight is 531 g/mol. The van der Waals surface area contributed by atoms with E-state index in [1.165, 1.54) is 18.0 Å². The number of ketones is 1. The highest BCUT2D eigenvalue weighted by Crippen LogP contribution is 2.42. The van der Waals surface area contributed by atoms with E-state index in [1.54, 1.807) is 13.1 Å². The lowest BCUT2D eigenvalue weighted by Gasteiger charge is -2.35. The zero-order chi connectivity index (χ0) is 27.1. The summed E-state index contributed by atoms with van der Waals surface area (Å²) in [6, 6.07) is 2.86. The topological polar surface area (TPSA) is 88.4 Å². The highest BCUT2D eigenvalue weighted by Gasteiger charge is 2.41. The first-order valence-electron chi connectivity index (χ1n) is 12.5. The van der Waals surface area contributed by atoms with Gasteiger partial charge in [-0.3, -0.25) is 9.78 Å². The van der Waals surface area contributed by atoms with Crippen LogP contribution in [0.1, 0.15) is 70.0 Å². The van der Waals surface area contributed by atoms with E-state index < -0.39 is 17.5 Å². The zero-order valence-electron chi connectivity index (χ0n) is 21.5. The van der Waals surface area contributed by atoms with E-state index in [-0.39, 0.29) is 23.8 Å². The first-order valence-corrected chi connectivity index (χ1v) is 12.5. The van der Waals surface area contributed by atoms with Crippen molar-refractivity contribution in [2.45, 2.75) is 63.8 Å². The standard InChI is InChI=1S/C27H29F3N4O4/c1-16-10-18(13-31-24(16)19-4-6-26(7-5-19)37-8-9-38-26)11-22(35)21-15-33-34(17(21)2)25-23(36-3)12-20(14-32-25)27(28,29)30/h10,12-15,19H,4-9,11H2,1-3H3. The van der Waals surface area contributed by atoms with E-state index in [1.807, 2.05) is 13.0 Å². The first-order chi connectivity index (χ1) is 18.1. The van der Waals surface area contributed by atoms with E-state index in [0.29, 0.717) is 30.4 Å². The molecule has 0 N–H and O–H groups in total. The fourth-order valence-corrected chi connectivity index (χ4v) is 5.36. The van der Waals surface area contributed by atoms with Crippen molar-refractivity contribution in [3.8, 4) is 11.6 Å². The van der Waals surface area contributed by atoms with Crippen LogP contribution >= 0.6 is 0 Å². The highest BCUT2D eigenvalue weighted by molar-refractivity contribution is 5.98. The monoisotopic (exact) mass is 530 g/mol. The summed E-state index contributed by atoms with van der Waals surface area (Å²) in [5.74, 6) is -0.297. The molecule has 0 aromatic carbocycles. The average Bonchev–Trinajstić information content (AvgIpc) is 3.50. The molecule has 1 aliphatic heterocycles. The number of rotatable bonds is 6. The first kappa shape index (κ1) is 26.3. The van der Waals surface area contributed by atoms with Crippen LogP contribution < -0.4 is 4.74 Å². The number of carbonyl (C=O) groups is 1. The maximum absolute atomic E-state index is 13.2. The molecule has 4 heterocycles. The number of ether oxygens (including phenoxy) is 3. The van der Waals surface area contributed by atoms with Crippen molar-refractivity contribution in [3.05, 3.63) is 64.4 Å². The van der Waals surface area contributed by atoms with Crippen LogP contribution in [0.2, 0.25) is 0 Å². The van der Waals surface area contributed by atoms with Crippen molar-refractivity contribution in [1.82, 2.24) is 19.7 Å². The van der Waals surface area contributed by atoms with Crippen LogP contribution in [0.5, 0.6) is 5.75 Å². The molecule has 1 aliphatic carbocycles. The van der Waals surface area contributed by atoms with Gasteiger partial charge < -0.3 is 14.2 Å². The fraction of sp³-hybridized carbons (Fsp3) is 0.481. The van der Waals surface area contributed by atoms with Crippen molar-refractivity contribution in [2.75, 3.05) is 20.3 Å². The Hall–Kier alpha value is -3.31. The quantitative estimate of drug-likeness (QED) is 0.408. The van der Waals surface area contributed by atoms with Crippen molar-refractivity contribution in [2.24, 2.45) is 0 Å². The Kier molecular flexibility index (Phi) is 6.99. The van der Waals surface area contributed by atoms with Crippen LogP contribution in [0, 0.1) is 13.8 Å². The van der Waals surface area contributed by atoms with Gasteiger partial charge in [0.25, 0.3) is 0 Å². The minimum Gasteiger partial charge on any atom is -0.493 e. The number of aromatic nitrogens is 4. The zero-order valence-corrected chi connectivity index (χ0v) is 21.5. The molecule has 3 aromatic rings. The van der Waals surface area contributed by atoms with E-state index in [9.17, 15) is 18.0 Å². The van der Waals surface area contributed by atoms with Gasteiger partial charge in [0.2, 0.25) is 0 Å². The molecule has 0 atom stereocenters. The number of carbonyl (C=O) groups excluding carboxylic acids is 1. The number of methoxy groups -OCH3 is 1. The molecule has 3 aromatic heterocycles. The molecule has 0 unspecified atom stereocenters. The lowest BCUT2D eigenvalue weighted by Crippen LogP contribution is -2.34. The molecule has 202 valence electrons. The van der Waals surface area contributed by atoms with E-state index >= 15 is 0 Å². The van der Waals surface area contributed by atoms with Gasteiger partial charge >= 0.3 is 6.18 Å². The SMILES string of the molecule is COc1cc(C(F)(F)F)cnc1-n1ncc(C(=O)Cc2cnc(C3CCC4(CC3)OCCO4)c(C)c2)c1C. The van der Waals surface area contributed by atoms with Crippen LogP contribution in [0.3, 0.4) is 0 Å². The van der Waals surface area contributed by atoms with Gasteiger partial charge in [-0.15, -0.1) is 0 Å². The van der Waals surface area contributed by atoms with Gasteiger partial charge in [0, 0.05) is 43.3 Å². The molecule has 0 bridgehead atoms. The molecule has 8 nitrogen and oxygen atoms in total. The van der Waals surface area contributed by atoms with Crippen molar-refractivity contribution in [1.29, 1.82) is 0 Å². The lowest BCUT2D eigenvalue weighted by atomic mass is 9.81. The summed E-state index contributed by atoms with van der Waals surface area (Å²) in [6.45, 7) is 4.98. The normalized spacial score (nSPS) is 17.7. The Morgan fingerprint density at radius 2 is 1.82 bits per heavy atom. The Labute approximate surface area is 218 Å². The number of halogens is 3. The Morgan fingerprint density at radius 1 is 1.11 bits per heavy atom. The Balaban J connectivity index is 1.30. The molecule has 2 fully saturated rings. The van der Waals surface area contributed by atoms with E-state index in [4.69, 9.17) is 19.2 Å². The Bertz CT molecular complexity index is 1340. The molecule has 0 amide bonds. The predicted molar refractivity (Wildman–Crippen MR) is 131 cm³/mol. The van der Waals surface area contributed by atoms with Crippen molar-refractivity contribution >= 4 is 5.78 Å². The Morgan fingerprint density at radius 3 is 2.45 bits per heavy atom. The number of hydrogen-bond acceptors (Lipinski definition) is 7. The lowest BCUT2D eigenvalue weighted by molar-refractivity contribution is -0.179. The maximum atomic E-state index is 13.2. The summed E-state index contributed by atoms with van der Waals surface area (Å²) in [5.41, 5.74) is 2.73. The van der Waals surface area contributed by atoms with Gasteiger partial charge in [-0.25, -0.2) is 9.67 Å². The van der Waals surface area contributed by atoms with Crippen LogP contribution in [0.25, 0.3) is 5.82 Å². The van der Waals surface area contributed by atoms with E-state index in [2.05, 4.69) is 10.1 Å². The molecule has 2 aliphatic rings. The van der Waals surface area contributed by atoms with E-state index in [0.717, 1.165) is 54.8 Å². The third-order valence-corrected chi connectivity index (χ3v) is 7.38. The molecule has 1 spiro atoms. The molecule has 1 saturated heterocycles. The summed E-state index contributed by atoms with van der Waals surface area (Å²) >= 11 is 0. The maximum Gasteiger partial charge on any atom is 0.418 e. The summed E-state index contributed by atoms with van der Waals surface area (Å²) < 4.78 is 57.3. The van der Waals surface area contributed by atoms with Gasteiger partial charge in [-0.2, -0.15) is 18.3 Å². The van der Waals surface area contributed by atoms with Crippen molar-refractivity contribution < 1.29 is 32.2 Å². The number of pyridine rings is 2. The molecule has 11 heteroatoms. The molecular formula is C27H29F3N4O4. The molecular weight excluding hydrogens is 501 g/mol. The van der Waals surface area contributed by atoms with Crippen LogP contribution in [-0.4, -0.2) is 51.6 Å². The van der Waals surface area contributed by atoms with Crippen LogP contribution in [0.4, 0.5) is 13.2 Å². The van der Waals surface area contributed by atoms with Gasteiger partial charge in [0.15, 0.2) is 23.1 Å². The molecule has 0 radical (unpaired) electrons. The molecule has 1 saturated carbocycles. The minimum absolute atomic E-state index is 0.0709. The summed E-state index contributed by atoms with van der Waals surface area (Å²) in [4.78, 5) is 21.8. The van der Waals surface area contributed by atoms with Crippen LogP contribution in [-0.2, 0) is 22.1 Å². The number of aryl methyl sites for hydroxylation is 1. The number of nitrogens with zero attached hydrogens (tertiary/aromatic N) is 4. The smallest absolute Gasteiger partial charge is 0.418 e. The van der Waals surface area contributed by atoms with Gasteiger partial charge in [0.05, 0.1) is 43.3 Å². The second-order valence-corrected chi connectivity index (χ2v) is 9.83. The number of hydrogen-bond donors (Lipinski definition) is 0. The van der Waals surface area contributed by atoms with Crippen LogP contribution in [0.15, 0.2) is 30.7 Å². The van der Waals surface area contributed by atoms with Gasteiger partial charge in [0.1, 0.15) is 0 Å². The number of Topliss-reactive ketones (excluding diaryl/α,β-unsaturated/α-hetero) is 1.